The number of anilines is 8. The van der Waals surface area contributed by atoms with Crippen LogP contribution < -0.4 is 38.5 Å². The normalized spacial score (nSPS) is 13.3. The first-order valence-corrected chi connectivity index (χ1v) is 21.9. The molecule has 0 aliphatic carbocycles. The van der Waals surface area contributed by atoms with Crippen molar-refractivity contribution in [1.29, 1.82) is 0 Å². The summed E-state index contributed by atoms with van der Waals surface area (Å²) in [5.41, 5.74) is 8.27. The van der Waals surface area contributed by atoms with Crippen LogP contribution in [-0.4, -0.2) is 28.4 Å². The lowest BCUT2D eigenvalue weighted by Crippen LogP contribution is -2.33. The van der Waals surface area contributed by atoms with Crippen molar-refractivity contribution in [1.82, 2.24) is 0 Å². The first-order valence-electron chi connectivity index (χ1n) is 21.9. The Morgan fingerprint density at radius 3 is 0.682 bits per heavy atom. The largest absolute Gasteiger partial charge is 0.497 e. The molecule has 0 spiro atoms. The molecule has 2 aliphatic heterocycles. The van der Waals surface area contributed by atoms with Crippen LogP contribution in [-0.2, 0) is 0 Å². The molecule has 10 aromatic rings. The van der Waals surface area contributed by atoms with Gasteiger partial charge in [0, 0.05) is 22.7 Å². The van der Waals surface area contributed by atoms with Gasteiger partial charge in [-0.25, -0.2) is 0 Å². The zero-order valence-corrected chi connectivity index (χ0v) is 36.9. The van der Waals surface area contributed by atoms with Crippen molar-refractivity contribution < 1.29 is 18.9 Å². The number of rotatable bonds is 8. The van der Waals surface area contributed by atoms with E-state index in [1.54, 1.807) is 28.4 Å². The quantitative estimate of drug-likeness (QED) is 0.150. The van der Waals surface area contributed by atoms with Crippen molar-refractivity contribution >= 4 is 88.6 Å². The van der Waals surface area contributed by atoms with Gasteiger partial charge in [0.1, 0.15) is 23.0 Å². The maximum absolute atomic E-state index is 5.65. The molecule has 0 saturated heterocycles. The standard InChI is InChI=1S/C58H44N4O4/c1-63-49-25-17-37-29-45(21-13-41(37)33-49)59-53-9-5-6-10-54(53)60(46-22-14-42-34-50(64-2)26-18-38(42)30-46)57(59)58-61(47-23-15-43-35-51(65-3)27-19-39(43)31-47)55-11-7-8-12-56(55)62(58)48-24-16-44-36-52(66-4)28-20-40(44)32-48/h5-36H,1-4H3. The predicted octanol–water partition coefficient (Wildman–Crippen LogP) is 14.7. The molecule has 66 heavy (non-hydrogen) atoms. The van der Waals surface area contributed by atoms with Crippen LogP contribution in [0.2, 0.25) is 0 Å². The van der Waals surface area contributed by atoms with E-state index in [2.05, 4.69) is 189 Å². The third kappa shape index (κ3) is 6.29. The molecule has 8 nitrogen and oxygen atoms in total. The first kappa shape index (κ1) is 39.0. The molecular formula is C58H44N4O4. The van der Waals surface area contributed by atoms with Gasteiger partial charge in [0.15, 0.2) is 11.6 Å². The Kier molecular flexibility index (Phi) is 9.20. The van der Waals surface area contributed by atoms with Gasteiger partial charge in [0.25, 0.3) is 0 Å². The fraction of sp³-hybridized carbons (Fsp3) is 0.0690. The molecule has 0 aromatic heterocycles. The third-order valence-corrected chi connectivity index (χ3v) is 12.9. The van der Waals surface area contributed by atoms with Crippen LogP contribution in [0.1, 0.15) is 0 Å². The zero-order chi connectivity index (χ0) is 44.5. The second kappa shape index (κ2) is 15.6. The van der Waals surface area contributed by atoms with Crippen molar-refractivity contribution in [2.75, 3.05) is 48.0 Å². The summed E-state index contributed by atoms with van der Waals surface area (Å²) in [6.45, 7) is 0. The molecule has 0 bridgehead atoms. The number of benzene rings is 10. The molecule has 0 unspecified atom stereocenters. The summed E-state index contributed by atoms with van der Waals surface area (Å²) in [4.78, 5) is 9.71. The van der Waals surface area contributed by atoms with Crippen molar-refractivity contribution in [2.24, 2.45) is 0 Å². The van der Waals surface area contributed by atoms with Crippen LogP contribution in [0.15, 0.2) is 206 Å². The van der Waals surface area contributed by atoms with E-state index in [4.69, 9.17) is 18.9 Å². The number of nitrogens with zero attached hydrogens (tertiary/aromatic N) is 4. The summed E-state index contributed by atoms with van der Waals surface area (Å²) in [6.07, 6.45) is 0. The molecule has 320 valence electrons. The highest BCUT2D eigenvalue weighted by molar-refractivity contribution is 6.04. The van der Waals surface area contributed by atoms with Gasteiger partial charge in [-0.2, -0.15) is 0 Å². The van der Waals surface area contributed by atoms with E-state index in [1.807, 2.05) is 24.3 Å². The monoisotopic (exact) mass is 860 g/mol. The number of hydrogen-bond acceptors (Lipinski definition) is 8. The second-order valence-corrected chi connectivity index (χ2v) is 16.6. The first-order chi connectivity index (χ1) is 32.5. The van der Waals surface area contributed by atoms with Crippen LogP contribution in [0.5, 0.6) is 23.0 Å². The minimum atomic E-state index is 0.822. The minimum absolute atomic E-state index is 0.822. The summed E-state index contributed by atoms with van der Waals surface area (Å²) >= 11 is 0. The molecule has 0 radical (unpaired) electrons. The molecule has 12 rings (SSSR count). The van der Waals surface area contributed by atoms with Gasteiger partial charge < -0.3 is 18.9 Å². The zero-order valence-electron chi connectivity index (χ0n) is 36.9. The van der Waals surface area contributed by atoms with Crippen LogP contribution in [0.3, 0.4) is 0 Å². The highest BCUT2D eigenvalue weighted by Crippen LogP contribution is 2.57. The predicted molar refractivity (Wildman–Crippen MR) is 270 cm³/mol. The van der Waals surface area contributed by atoms with Crippen LogP contribution in [0.25, 0.3) is 43.1 Å². The van der Waals surface area contributed by atoms with E-state index < -0.39 is 0 Å². The Labute approximate surface area is 382 Å². The summed E-state index contributed by atoms with van der Waals surface area (Å²) in [5, 5.41) is 8.80. The Morgan fingerprint density at radius 1 is 0.242 bits per heavy atom. The molecule has 0 fully saturated rings. The van der Waals surface area contributed by atoms with E-state index in [0.29, 0.717) is 0 Å². The Hall–Kier alpha value is -8.62. The molecule has 2 heterocycles. The van der Waals surface area contributed by atoms with Crippen molar-refractivity contribution in [3.63, 3.8) is 0 Å². The number of para-hydroxylation sites is 4. The fourth-order valence-electron chi connectivity index (χ4n) is 9.70. The van der Waals surface area contributed by atoms with E-state index >= 15 is 0 Å². The summed E-state index contributed by atoms with van der Waals surface area (Å²) in [7, 11) is 6.84. The highest BCUT2D eigenvalue weighted by atomic mass is 16.5. The van der Waals surface area contributed by atoms with Gasteiger partial charge in [-0.15, -0.1) is 0 Å². The molecule has 0 atom stereocenters. The van der Waals surface area contributed by atoms with E-state index in [1.165, 1.54) is 0 Å². The molecule has 0 N–H and O–H groups in total. The fourth-order valence-corrected chi connectivity index (χ4v) is 9.70. The third-order valence-electron chi connectivity index (χ3n) is 12.9. The average Bonchev–Trinajstić information content (AvgIpc) is 3.90. The van der Waals surface area contributed by atoms with Gasteiger partial charge in [-0.05, 0) is 164 Å². The van der Waals surface area contributed by atoms with E-state index in [0.717, 1.165) is 123 Å². The number of hydrogen-bond donors (Lipinski definition) is 0. The maximum Gasteiger partial charge on any atom is 0.166 e. The minimum Gasteiger partial charge on any atom is -0.497 e. The SMILES string of the molecule is COc1ccc2cc(N3C(=C4N(c5ccc6cc(OC)ccc6c5)c5ccccc5N4c4ccc5cc(OC)ccc5c4)N(c4ccc5cc(OC)ccc5c4)c4ccccc43)ccc2c1. The van der Waals surface area contributed by atoms with Gasteiger partial charge in [-0.1, -0.05) is 72.8 Å². The van der Waals surface area contributed by atoms with Crippen molar-refractivity contribution in [2.45, 2.75) is 0 Å². The Bertz CT molecular complexity index is 3140. The lowest BCUT2D eigenvalue weighted by atomic mass is 10.1. The maximum atomic E-state index is 5.65. The summed E-state index contributed by atoms with van der Waals surface area (Å²) < 4.78 is 22.6. The lowest BCUT2D eigenvalue weighted by molar-refractivity contribution is 0.415. The molecule has 2 aliphatic rings. The summed E-state index contributed by atoms with van der Waals surface area (Å²) in [5.74, 6) is 5.20. The molecule has 0 amide bonds. The highest BCUT2D eigenvalue weighted by Gasteiger charge is 2.44. The molecule has 10 aromatic carbocycles. The second-order valence-electron chi connectivity index (χ2n) is 16.6. The molecular weight excluding hydrogens is 817 g/mol. The molecule has 8 heteroatoms. The van der Waals surface area contributed by atoms with Crippen LogP contribution in [0, 0.1) is 0 Å². The molecule has 0 saturated carbocycles. The number of fused-ring (bicyclic) bond motifs is 6. The topological polar surface area (TPSA) is 49.9 Å². The summed E-state index contributed by atoms with van der Waals surface area (Å²) in [6, 6.07) is 69.3. The van der Waals surface area contributed by atoms with Gasteiger partial charge in [-0.3, -0.25) is 19.6 Å². The van der Waals surface area contributed by atoms with Crippen molar-refractivity contribution in [3.05, 3.63) is 206 Å². The van der Waals surface area contributed by atoms with Crippen LogP contribution in [0.4, 0.5) is 45.5 Å². The van der Waals surface area contributed by atoms with Gasteiger partial charge in [0.05, 0.1) is 51.2 Å². The van der Waals surface area contributed by atoms with Gasteiger partial charge >= 0.3 is 0 Å². The van der Waals surface area contributed by atoms with E-state index in [9.17, 15) is 0 Å². The number of methoxy groups -OCH3 is 4. The smallest absolute Gasteiger partial charge is 0.166 e. The van der Waals surface area contributed by atoms with E-state index in [-0.39, 0.29) is 0 Å². The Morgan fingerprint density at radius 2 is 0.455 bits per heavy atom. The lowest BCUT2D eigenvalue weighted by Gasteiger charge is -2.34. The Balaban J connectivity index is 1.20. The van der Waals surface area contributed by atoms with Crippen molar-refractivity contribution in [3.8, 4) is 23.0 Å². The number of ether oxygens (including phenoxy) is 4. The average molecular weight is 861 g/mol. The van der Waals surface area contributed by atoms with Gasteiger partial charge in [0.2, 0.25) is 0 Å². The van der Waals surface area contributed by atoms with Crippen LogP contribution >= 0.6 is 0 Å².